The van der Waals surface area contributed by atoms with Gasteiger partial charge in [-0.05, 0) is 0 Å². The number of nitrogens with zero attached hydrogens (tertiary/aromatic N) is 4. The van der Waals surface area contributed by atoms with Crippen LogP contribution in [-0.2, 0) is 12.7 Å². The van der Waals surface area contributed by atoms with Gasteiger partial charge in [-0.15, -0.1) is 11.3 Å². The summed E-state index contributed by atoms with van der Waals surface area (Å²) in [5.74, 6) is -1.78. The molecule has 7 nitrogen and oxygen atoms in total. The van der Waals surface area contributed by atoms with Gasteiger partial charge in [-0.3, -0.25) is 19.7 Å². The van der Waals surface area contributed by atoms with Gasteiger partial charge in [0.15, 0.2) is 11.5 Å². The zero-order valence-electron chi connectivity index (χ0n) is 14.5. The van der Waals surface area contributed by atoms with Crippen LogP contribution in [-0.4, -0.2) is 43.3 Å². The lowest BCUT2D eigenvalue weighted by Gasteiger charge is -2.21. The lowest BCUT2D eigenvalue weighted by Crippen LogP contribution is -2.36. The average molecular weight is 499 g/mol. The van der Waals surface area contributed by atoms with Gasteiger partial charge >= 0.3 is 6.18 Å². The summed E-state index contributed by atoms with van der Waals surface area (Å²) in [7, 11) is 0. The number of halogens is 6. The number of aromatic amines is 1. The first kappa shape index (κ1) is 22.5. The quantitative estimate of drug-likeness (QED) is 0.495. The summed E-state index contributed by atoms with van der Waals surface area (Å²) in [6, 6.07) is 0. The van der Waals surface area contributed by atoms with Gasteiger partial charge in [-0.2, -0.15) is 18.3 Å². The molecule has 1 N–H and O–H groups in total. The first-order valence-corrected chi connectivity index (χ1v) is 9.91. The van der Waals surface area contributed by atoms with E-state index in [0.717, 1.165) is 22.4 Å². The Morgan fingerprint density at radius 2 is 1.80 bits per heavy atom. The van der Waals surface area contributed by atoms with E-state index in [1.165, 1.54) is 17.8 Å². The molecule has 0 aromatic carbocycles. The average Bonchev–Trinajstić information content (AvgIpc) is 3.29. The van der Waals surface area contributed by atoms with Crippen LogP contribution in [0.4, 0.5) is 13.2 Å². The van der Waals surface area contributed by atoms with Gasteiger partial charge in [0, 0.05) is 17.8 Å². The van der Waals surface area contributed by atoms with E-state index in [9.17, 15) is 22.8 Å². The van der Waals surface area contributed by atoms with Crippen LogP contribution < -0.4 is 0 Å². The maximum absolute atomic E-state index is 13.2. The van der Waals surface area contributed by atoms with Crippen LogP contribution >= 0.6 is 46.1 Å². The Bertz CT molecular complexity index is 1080. The monoisotopic (exact) mass is 497 g/mol. The number of hydrogen-bond acceptors (Lipinski definition) is 6. The number of rotatable bonds is 6. The summed E-state index contributed by atoms with van der Waals surface area (Å²) < 4.78 is 39.6. The molecule has 0 bridgehead atoms. The largest absolute Gasteiger partial charge is 0.433 e. The van der Waals surface area contributed by atoms with Gasteiger partial charge in [0.2, 0.25) is 0 Å². The van der Waals surface area contributed by atoms with E-state index >= 15 is 0 Å². The normalized spacial score (nSPS) is 11.5. The van der Waals surface area contributed by atoms with Crippen molar-refractivity contribution in [3.63, 3.8) is 0 Å². The van der Waals surface area contributed by atoms with Gasteiger partial charge in [0.05, 0.1) is 40.5 Å². The first-order valence-electron chi connectivity index (χ1n) is 7.90. The second-order valence-corrected chi connectivity index (χ2v) is 7.93. The minimum absolute atomic E-state index is 0.0588. The molecule has 3 aromatic heterocycles. The smallest absolute Gasteiger partial charge is 0.324 e. The number of hydrogen-bond donors (Lipinski definition) is 1. The summed E-state index contributed by atoms with van der Waals surface area (Å²) in [6.45, 7) is -0.896. The number of aromatic nitrogens is 4. The van der Waals surface area contributed by atoms with Crippen LogP contribution in [0, 0.1) is 0 Å². The minimum atomic E-state index is -4.85. The number of alkyl halides is 3. The standard InChI is InChI=1S/C16H9Cl3F3N5O2S/c17-8-2-23-3-9(18)13(8)10(28)4-27(5-12-25-11(19)6-30-12)15(29)7-1-24-26-14(7)16(20,21)22/h1-3,6H,4-5H2,(H,24,26). The van der Waals surface area contributed by atoms with Crippen molar-refractivity contribution in [2.45, 2.75) is 12.7 Å². The molecule has 0 saturated heterocycles. The Kier molecular flexibility index (Phi) is 6.65. The Labute approximate surface area is 185 Å². The van der Waals surface area contributed by atoms with Gasteiger partial charge in [0.1, 0.15) is 10.2 Å². The number of nitrogens with one attached hydrogen (secondary N) is 1. The molecule has 3 rings (SSSR count). The fraction of sp³-hybridized carbons (Fsp3) is 0.188. The number of amides is 1. The zero-order valence-corrected chi connectivity index (χ0v) is 17.6. The topological polar surface area (TPSA) is 91.8 Å². The second kappa shape index (κ2) is 8.88. The van der Waals surface area contributed by atoms with E-state index < -0.39 is 35.7 Å². The Morgan fingerprint density at radius 1 is 1.13 bits per heavy atom. The number of Topliss-reactive ketones (excluding diaryl/α,β-unsaturated/α-hetero) is 1. The van der Waals surface area contributed by atoms with Crippen molar-refractivity contribution in [3.05, 3.63) is 61.0 Å². The predicted molar refractivity (Wildman–Crippen MR) is 104 cm³/mol. The van der Waals surface area contributed by atoms with Crippen LogP contribution in [0.2, 0.25) is 15.2 Å². The molecule has 0 saturated carbocycles. The van der Waals surface area contributed by atoms with Crippen molar-refractivity contribution in [1.82, 2.24) is 25.1 Å². The highest BCUT2D eigenvalue weighted by Gasteiger charge is 2.39. The molecule has 0 aliphatic carbocycles. The number of thiazole rings is 1. The number of ketones is 1. The van der Waals surface area contributed by atoms with E-state index in [2.05, 4.69) is 15.1 Å². The van der Waals surface area contributed by atoms with Gasteiger partial charge in [-0.1, -0.05) is 34.8 Å². The number of pyridine rings is 1. The SMILES string of the molecule is O=C(CN(Cc1nc(Cl)cs1)C(=O)c1cn[nH]c1C(F)(F)F)c1c(Cl)cncc1Cl. The molecule has 0 unspecified atom stereocenters. The Balaban J connectivity index is 1.96. The second-order valence-electron chi connectivity index (χ2n) is 5.78. The molecule has 0 atom stereocenters. The van der Waals surface area contributed by atoms with Crippen molar-refractivity contribution in [3.8, 4) is 0 Å². The third-order valence-corrected chi connectivity index (χ3v) is 5.49. The highest BCUT2D eigenvalue weighted by Crippen LogP contribution is 2.31. The summed E-state index contributed by atoms with van der Waals surface area (Å²) in [5, 5.41) is 6.89. The molecule has 1 amide bonds. The zero-order chi connectivity index (χ0) is 22.1. The van der Waals surface area contributed by atoms with Gasteiger partial charge < -0.3 is 4.90 Å². The van der Waals surface area contributed by atoms with Crippen LogP contribution in [0.15, 0.2) is 24.0 Å². The summed E-state index contributed by atoms with van der Waals surface area (Å²) in [6.07, 6.45) is -1.74. The highest BCUT2D eigenvalue weighted by atomic mass is 35.5. The molecule has 14 heteroatoms. The van der Waals surface area contributed by atoms with Crippen LogP contribution in [0.3, 0.4) is 0 Å². The molecule has 0 aliphatic heterocycles. The third-order valence-electron chi connectivity index (χ3n) is 3.76. The van der Waals surface area contributed by atoms with Crippen molar-refractivity contribution in [1.29, 1.82) is 0 Å². The van der Waals surface area contributed by atoms with Crippen molar-refractivity contribution in [2.24, 2.45) is 0 Å². The molecular weight excluding hydrogens is 490 g/mol. The molecule has 3 aromatic rings. The van der Waals surface area contributed by atoms with E-state index in [-0.39, 0.29) is 27.3 Å². The van der Waals surface area contributed by atoms with Crippen molar-refractivity contribution >= 4 is 57.8 Å². The van der Waals surface area contributed by atoms with Gasteiger partial charge in [0.25, 0.3) is 5.91 Å². The Hall–Kier alpha value is -2.21. The maximum atomic E-state index is 13.2. The lowest BCUT2D eigenvalue weighted by atomic mass is 10.1. The number of carbonyl (C=O) groups excluding carboxylic acids is 2. The summed E-state index contributed by atoms with van der Waals surface area (Å²) in [5.41, 5.74) is -2.18. The van der Waals surface area contributed by atoms with Crippen molar-refractivity contribution in [2.75, 3.05) is 6.54 Å². The first-order chi connectivity index (χ1) is 14.1. The molecule has 158 valence electrons. The van der Waals surface area contributed by atoms with E-state index in [1.807, 2.05) is 0 Å². The van der Waals surface area contributed by atoms with Gasteiger partial charge in [-0.25, -0.2) is 4.98 Å². The van der Waals surface area contributed by atoms with Crippen LogP contribution in [0.1, 0.15) is 31.4 Å². The fourth-order valence-electron chi connectivity index (χ4n) is 2.49. The number of H-pyrrole nitrogens is 1. The molecule has 0 spiro atoms. The van der Waals surface area contributed by atoms with E-state index in [1.54, 1.807) is 5.10 Å². The van der Waals surface area contributed by atoms with Crippen LogP contribution in [0.5, 0.6) is 0 Å². The molecule has 30 heavy (non-hydrogen) atoms. The van der Waals surface area contributed by atoms with E-state index in [0.29, 0.717) is 5.01 Å². The third kappa shape index (κ3) is 4.91. The fourth-order valence-corrected chi connectivity index (χ4v) is 4.02. The van der Waals surface area contributed by atoms with Crippen molar-refractivity contribution < 1.29 is 22.8 Å². The summed E-state index contributed by atoms with van der Waals surface area (Å²) in [4.78, 5) is 34.3. The van der Waals surface area contributed by atoms with E-state index in [4.69, 9.17) is 34.8 Å². The minimum Gasteiger partial charge on any atom is -0.324 e. The Morgan fingerprint density at radius 3 is 2.37 bits per heavy atom. The molecule has 3 heterocycles. The molecular formula is C16H9Cl3F3N5O2S. The number of carbonyl (C=O) groups is 2. The molecule has 0 fully saturated rings. The lowest BCUT2D eigenvalue weighted by molar-refractivity contribution is -0.141. The maximum Gasteiger partial charge on any atom is 0.433 e. The predicted octanol–water partition coefficient (Wildman–Crippen LogP) is 4.77. The summed E-state index contributed by atoms with van der Waals surface area (Å²) >= 11 is 18.8. The highest BCUT2D eigenvalue weighted by molar-refractivity contribution is 7.10. The molecule has 0 radical (unpaired) electrons. The van der Waals surface area contributed by atoms with Crippen LogP contribution in [0.25, 0.3) is 0 Å². The molecule has 0 aliphatic rings.